The molecule has 0 amide bonds. The summed E-state index contributed by atoms with van der Waals surface area (Å²) in [5.41, 5.74) is 1.91. The van der Waals surface area contributed by atoms with Crippen LogP contribution < -0.4 is 14.4 Å². The van der Waals surface area contributed by atoms with E-state index in [4.69, 9.17) is 9.47 Å². The number of methoxy groups -OCH3 is 1. The predicted octanol–water partition coefficient (Wildman–Crippen LogP) is 4.38. The molecule has 5 nitrogen and oxygen atoms in total. The summed E-state index contributed by atoms with van der Waals surface area (Å²) < 4.78 is 10.9. The van der Waals surface area contributed by atoms with Crippen LogP contribution in [0.1, 0.15) is 38.7 Å². The summed E-state index contributed by atoms with van der Waals surface area (Å²) in [5, 5.41) is 11.1. The molecule has 0 bridgehead atoms. The summed E-state index contributed by atoms with van der Waals surface area (Å²) in [6.45, 7) is 7.85. The van der Waals surface area contributed by atoms with E-state index in [2.05, 4.69) is 41.1 Å². The second kappa shape index (κ2) is 10.9. The Balaban J connectivity index is 1.40. The quantitative estimate of drug-likeness (QED) is 0.611. The summed E-state index contributed by atoms with van der Waals surface area (Å²) in [4.78, 5) is 4.68. The predicted molar refractivity (Wildman–Crippen MR) is 127 cm³/mol. The minimum atomic E-state index is -0.564. The molecule has 170 valence electrons. The number of hydrogen-bond donors (Lipinski definition) is 1. The van der Waals surface area contributed by atoms with Crippen LogP contribution in [0.3, 0.4) is 0 Å². The highest BCUT2D eigenvalue weighted by Gasteiger charge is 2.32. The average Bonchev–Trinajstić information content (AvgIpc) is 2.78. The van der Waals surface area contributed by atoms with E-state index in [-0.39, 0.29) is 6.10 Å². The van der Waals surface area contributed by atoms with Gasteiger partial charge in [-0.2, -0.15) is 0 Å². The molecule has 0 aromatic heterocycles. The summed E-state index contributed by atoms with van der Waals surface area (Å²) in [7, 11) is 3.78. The van der Waals surface area contributed by atoms with Crippen molar-refractivity contribution in [1.82, 2.24) is 4.90 Å². The van der Waals surface area contributed by atoms with Gasteiger partial charge in [-0.15, -0.1) is 0 Å². The third kappa shape index (κ3) is 7.15. The highest BCUT2D eigenvalue weighted by Crippen LogP contribution is 2.27. The van der Waals surface area contributed by atoms with E-state index in [9.17, 15) is 5.11 Å². The fourth-order valence-corrected chi connectivity index (χ4v) is 4.08. The molecule has 1 aliphatic heterocycles. The lowest BCUT2D eigenvalue weighted by Crippen LogP contribution is -2.46. The van der Waals surface area contributed by atoms with Crippen LogP contribution in [0.5, 0.6) is 11.5 Å². The molecular weight excluding hydrogens is 388 g/mol. The number of anilines is 1. The van der Waals surface area contributed by atoms with E-state index in [1.165, 1.54) is 5.56 Å². The van der Waals surface area contributed by atoms with Gasteiger partial charge in [0.2, 0.25) is 0 Å². The van der Waals surface area contributed by atoms with Gasteiger partial charge in [-0.25, -0.2) is 0 Å². The zero-order valence-corrected chi connectivity index (χ0v) is 19.5. The highest BCUT2D eigenvalue weighted by molar-refractivity contribution is 5.48. The Morgan fingerprint density at radius 1 is 1.00 bits per heavy atom. The van der Waals surface area contributed by atoms with Crippen molar-refractivity contribution in [3.63, 3.8) is 0 Å². The molecule has 3 rings (SSSR count). The fourth-order valence-electron chi connectivity index (χ4n) is 4.08. The van der Waals surface area contributed by atoms with Crippen LogP contribution in [-0.2, 0) is 6.42 Å². The van der Waals surface area contributed by atoms with Gasteiger partial charge in [0.25, 0.3) is 0 Å². The zero-order valence-electron chi connectivity index (χ0n) is 19.5. The number of hydrogen-bond acceptors (Lipinski definition) is 5. The Morgan fingerprint density at radius 3 is 2.19 bits per heavy atom. The summed E-state index contributed by atoms with van der Waals surface area (Å²) in [6.07, 6.45) is 3.68. The monoisotopic (exact) mass is 426 g/mol. The van der Waals surface area contributed by atoms with E-state index in [1.807, 2.05) is 38.1 Å². The third-order valence-corrected chi connectivity index (χ3v) is 6.22. The van der Waals surface area contributed by atoms with Crippen LogP contribution in [0, 0.1) is 0 Å². The lowest BCUT2D eigenvalue weighted by atomic mass is 9.88. The maximum absolute atomic E-state index is 11.1. The molecule has 5 heteroatoms. The molecule has 1 saturated heterocycles. The zero-order chi connectivity index (χ0) is 22.3. The normalized spacial score (nSPS) is 16.3. The maximum atomic E-state index is 11.1. The molecule has 0 radical (unpaired) electrons. The van der Waals surface area contributed by atoms with E-state index < -0.39 is 5.60 Å². The molecule has 1 heterocycles. The lowest BCUT2D eigenvalue weighted by Gasteiger charge is -2.39. The molecule has 31 heavy (non-hydrogen) atoms. The summed E-state index contributed by atoms with van der Waals surface area (Å²) >= 11 is 0. The van der Waals surface area contributed by atoms with Gasteiger partial charge in [0.1, 0.15) is 11.5 Å². The maximum Gasteiger partial charge on any atom is 0.119 e. The SMILES string of the molecule is COc1ccc(CCN2CCC(O)(CCN(C)c3ccc(OC(C)C)cc3)CC2)cc1. The van der Waals surface area contributed by atoms with Crippen molar-refractivity contribution in [2.24, 2.45) is 0 Å². The van der Waals surface area contributed by atoms with Gasteiger partial charge in [-0.3, -0.25) is 0 Å². The topological polar surface area (TPSA) is 45.2 Å². The van der Waals surface area contributed by atoms with Gasteiger partial charge in [0.05, 0.1) is 18.8 Å². The molecule has 1 N–H and O–H groups in total. The van der Waals surface area contributed by atoms with Crippen molar-refractivity contribution in [2.75, 3.05) is 45.2 Å². The number of piperidine rings is 1. The first kappa shape index (κ1) is 23.4. The Hall–Kier alpha value is -2.24. The van der Waals surface area contributed by atoms with Crippen LogP contribution in [-0.4, -0.2) is 62.0 Å². The first-order valence-electron chi connectivity index (χ1n) is 11.4. The van der Waals surface area contributed by atoms with Crippen molar-refractivity contribution in [2.45, 2.75) is 51.2 Å². The minimum Gasteiger partial charge on any atom is -0.497 e. The van der Waals surface area contributed by atoms with Crippen LogP contribution >= 0.6 is 0 Å². The fraction of sp³-hybridized carbons (Fsp3) is 0.538. The molecular formula is C26H38N2O3. The molecule has 2 aromatic carbocycles. The van der Waals surface area contributed by atoms with Crippen molar-refractivity contribution >= 4 is 5.69 Å². The standard InChI is InChI=1S/C26H38N2O3/c1-21(2)31-25-11-7-23(8-12-25)27(3)18-14-26(29)15-19-28(20-16-26)17-13-22-5-9-24(30-4)10-6-22/h5-12,21,29H,13-20H2,1-4H3. The van der Waals surface area contributed by atoms with Crippen LogP contribution in [0.4, 0.5) is 5.69 Å². The number of ether oxygens (including phenoxy) is 2. The molecule has 0 spiro atoms. The number of likely N-dealkylation sites (tertiary alicyclic amines) is 1. The minimum absolute atomic E-state index is 0.180. The van der Waals surface area contributed by atoms with Gasteiger partial charge < -0.3 is 24.4 Å². The Bertz CT molecular complexity index is 781. The highest BCUT2D eigenvalue weighted by atomic mass is 16.5. The Labute approximate surface area is 187 Å². The molecule has 1 aliphatic rings. The first-order valence-corrected chi connectivity index (χ1v) is 11.4. The molecule has 1 fully saturated rings. The lowest BCUT2D eigenvalue weighted by molar-refractivity contribution is -0.0254. The molecule has 2 aromatic rings. The van der Waals surface area contributed by atoms with Crippen LogP contribution in [0.25, 0.3) is 0 Å². The second-order valence-corrected chi connectivity index (χ2v) is 9.00. The molecule has 0 atom stereocenters. The average molecular weight is 427 g/mol. The summed E-state index contributed by atoms with van der Waals surface area (Å²) in [6, 6.07) is 16.5. The second-order valence-electron chi connectivity index (χ2n) is 9.00. The van der Waals surface area contributed by atoms with Crippen LogP contribution in [0.15, 0.2) is 48.5 Å². The number of aliphatic hydroxyl groups is 1. The van der Waals surface area contributed by atoms with Gasteiger partial charge in [0, 0.05) is 38.9 Å². The van der Waals surface area contributed by atoms with Gasteiger partial charge in [0.15, 0.2) is 0 Å². The molecule has 0 unspecified atom stereocenters. The number of benzene rings is 2. The van der Waals surface area contributed by atoms with E-state index in [0.29, 0.717) is 0 Å². The Kier molecular flexibility index (Phi) is 8.22. The largest absolute Gasteiger partial charge is 0.497 e. The van der Waals surface area contributed by atoms with Crippen molar-refractivity contribution in [3.8, 4) is 11.5 Å². The first-order chi connectivity index (χ1) is 14.9. The van der Waals surface area contributed by atoms with Gasteiger partial charge in [-0.1, -0.05) is 12.1 Å². The van der Waals surface area contributed by atoms with Gasteiger partial charge in [-0.05, 0) is 81.5 Å². The number of nitrogens with zero attached hydrogens (tertiary/aromatic N) is 2. The van der Waals surface area contributed by atoms with Crippen LogP contribution in [0.2, 0.25) is 0 Å². The van der Waals surface area contributed by atoms with Crippen molar-refractivity contribution in [1.29, 1.82) is 0 Å². The van der Waals surface area contributed by atoms with Gasteiger partial charge >= 0.3 is 0 Å². The Morgan fingerprint density at radius 2 is 1.61 bits per heavy atom. The third-order valence-electron chi connectivity index (χ3n) is 6.22. The van der Waals surface area contributed by atoms with E-state index >= 15 is 0 Å². The van der Waals surface area contributed by atoms with E-state index in [1.54, 1.807) is 7.11 Å². The molecule has 0 saturated carbocycles. The van der Waals surface area contributed by atoms with Crippen molar-refractivity contribution < 1.29 is 14.6 Å². The number of rotatable bonds is 10. The van der Waals surface area contributed by atoms with Crippen molar-refractivity contribution in [3.05, 3.63) is 54.1 Å². The smallest absolute Gasteiger partial charge is 0.119 e. The molecule has 0 aliphatic carbocycles. The summed E-state index contributed by atoms with van der Waals surface area (Å²) in [5.74, 6) is 1.80. The van der Waals surface area contributed by atoms with E-state index in [0.717, 1.165) is 69.0 Å².